The van der Waals surface area contributed by atoms with Gasteiger partial charge in [-0.1, -0.05) is 44.1 Å². The van der Waals surface area contributed by atoms with E-state index in [0.29, 0.717) is 5.54 Å². The fraction of sp³-hybridized carbons (Fsp3) is 0.667. The molecule has 0 saturated carbocycles. The average Bonchev–Trinajstić information content (AvgIpc) is 1.65. The Morgan fingerprint density at radius 3 is 1.44 bits per heavy atom. The average molecular weight is 176 g/mol. The molecule has 0 atom stereocenters. The summed E-state index contributed by atoms with van der Waals surface area (Å²) in [4.78, 5) is 0. The van der Waals surface area contributed by atoms with Gasteiger partial charge in [0.15, 0.2) is 0 Å². The lowest BCUT2D eigenvalue weighted by molar-refractivity contribution is 1.52. The van der Waals surface area contributed by atoms with Crippen LogP contribution in [0.15, 0.2) is 0 Å². The first-order valence-corrected chi connectivity index (χ1v) is 7.45. The molecule has 0 rings (SSSR count). The molecule has 0 aromatic carbocycles. The van der Waals surface area contributed by atoms with Gasteiger partial charge in [0.05, 0.1) is 8.07 Å². The summed E-state index contributed by atoms with van der Waals surface area (Å²) in [7, 11) is -1.11. The molecule has 52 valence electrons. The van der Waals surface area contributed by atoms with Crippen LogP contribution in [0.3, 0.4) is 0 Å². The summed E-state index contributed by atoms with van der Waals surface area (Å²) in [5.74, 6) is 0. The Balaban J connectivity index is 4.11. The molecule has 9 heavy (non-hydrogen) atoms. The van der Waals surface area contributed by atoms with Crippen LogP contribution in [0, 0.1) is 0 Å². The minimum atomic E-state index is -1.11. The molecule has 0 aliphatic heterocycles. The molecule has 0 nitrogen and oxygen atoms in total. The van der Waals surface area contributed by atoms with E-state index in [1.54, 1.807) is 10.7 Å². The smallest absolute Gasteiger partial charge is 0.0579 e. The van der Waals surface area contributed by atoms with Crippen molar-refractivity contribution in [1.29, 1.82) is 0 Å². The SMILES string of the molecule is C[Si](C)(C)C(C=S)C=S. The molecule has 0 aliphatic carbocycles. The van der Waals surface area contributed by atoms with E-state index >= 15 is 0 Å². The molecule has 0 saturated heterocycles. The lowest BCUT2D eigenvalue weighted by Gasteiger charge is -2.20. The maximum absolute atomic E-state index is 4.83. The Labute approximate surface area is 68.7 Å². The molecular formula is C6H12S2Si. The van der Waals surface area contributed by atoms with Gasteiger partial charge in [0.1, 0.15) is 0 Å². The van der Waals surface area contributed by atoms with Crippen LogP contribution in [0.2, 0.25) is 25.2 Å². The summed E-state index contributed by atoms with van der Waals surface area (Å²) < 4.78 is 0. The van der Waals surface area contributed by atoms with Crippen molar-refractivity contribution >= 4 is 43.2 Å². The van der Waals surface area contributed by atoms with Gasteiger partial charge >= 0.3 is 0 Å². The fourth-order valence-electron chi connectivity index (χ4n) is 0.440. The van der Waals surface area contributed by atoms with Crippen molar-refractivity contribution in [3.63, 3.8) is 0 Å². The zero-order chi connectivity index (χ0) is 7.49. The Morgan fingerprint density at radius 2 is 1.44 bits per heavy atom. The summed E-state index contributed by atoms with van der Waals surface area (Å²) in [6.07, 6.45) is 0. The van der Waals surface area contributed by atoms with Crippen LogP contribution < -0.4 is 0 Å². The lowest BCUT2D eigenvalue weighted by Crippen LogP contribution is -2.29. The normalized spacial score (nSPS) is 11.6. The van der Waals surface area contributed by atoms with Gasteiger partial charge in [-0.3, -0.25) is 0 Å². The molecule has 0 spiro atoms. The maximum Gasteiger partial charge on any atom is 0.0579 e. The van der Waals surface area contributed by atoms with Gasteiger partial charge < -0.3 is 0 Å². The van der Waals surface area contributed by atoms with Crippen LogP contribution in [-0.4, -0.2) is 18.8 Å². The molecule has 0 radical (unpaired) electrons. The van der Waals surface area contributed by atoms with Crippen LogP contribution in [0.4, 0.5) is 0 Å². The van der Waals surface area contributed by atoms with E-state index in [0.717, 1.165) is 0 Å². The van der Waals surface area contributed by atoms with Gasteiger partial charge in [-0.15, -0.1) is 0 Å². The molecule has 0 bridgehead atoms. The second-order valence-corrected chi connectivity index (χ2v) is 9.11. The Bertz CT molecular complexity index is 107. The fourth-order valence-corrected chi connectivity index (χ4v) is 3.96. The molecule has 0 aliphatic rings. The summed E-state index contributed by atoms with van der Waals surface area (Å²) in [5.41, 5.74) is 0.419. The first kappa shape index (κ1) is 9.40. The van der Waals surface area contributed by atoms with Crippen molar-refractivity contribution in [3.8, 4) is 0 Å². The van der Waals surface area contributed by atoms with Crippen molar-refractivity contribution < 1.29 is 0 Å². The van der Waals surface area contributed by atoms with E-state index in [9.17, 15) is 0 Å². The van der Waals surface area contributed by atoms with E-state index in [1.165, 1.54) is 0 Å². The lowest BCUT2D eigenvalue weighted by atomic mass is 10.6. The highest BCUT2D eigenvalue weighted by Gasteiger charge is 2.21. The van der Waals surface area contributed by atoms with Gasteiger partial charge in [-0.05, 0) is 10.7 Å². The highest BCUT2D eigenvalue weighted by atomic mass is 32.1. The minimum absolute atomic E-state index is 0.419. The molecule has 0 aromatic heterocycles. The summed E-state index contributed by atoms with van der Waals surface area (Å²) in [5, 5.41) is 3.58. The van der Waals surface area contributed by atoms with Crippen molar-refractivity contribution in [3.05, 3.63) is 0 Å². The third-order valence-corrected chi connectivity index (χ3v) is 4.70. The highest BCUT2D eigenvalue weighted by Crippen LogP contribution is 2.17. The van der Waals surface area contributed by atoms with Crippen molar-refractivity contribution in [2.24, 2.45) is 0 Å². The van der Waals surface area contributed by atoms with Gasteiger partial charge in [-0.25, -0.2) is 0 Å². The molecule has 0 N–H and O–H groups in total. The Hall–Kier alpha value is 0.397. The van der Waals surface area contributed by atoms with E-state index in [2.05, 4.69) is 19.6 Å². The largest absolute Gasteiger partial charge is 0.0931 e. The molecule has 0 amide bonds. The van der Waals surface area contributed by atoms with E-state index < -0.39 is 8.07 Å². The molecule has 0 unspecified atom stereocenters. The minimum Gasteiger partial charge on any atom is -0.0931 e. The van der Waals surface area contributed by atoms with Crippen LogP contribution >= 0.6 is 24.4 Å². The second kappa shape index (κ2) is 3.54. The summed E-state index contributed by atoms with van der Waals surface area (Å²) in [6, 6.07) is 0. The maximum atomic E-state index is 4.83. The van der Waals surface area contributed by atoms with Crippen LogP contribution in [-0.2, 0) is 0 Å². The molecule has 0 fully saturated rings. The highest BCUT2D eigenvalue weighted by molar-refractivity contribution is 7.81. The molecule has 0 aromatic rings. The second-order valence-electron chi connectivity index (χ2n) is 3.16. The van der Waals surface area contributed by atoms with Gasteiger partial charge in [0.2, 0.25) is 0 Å². The van der Waals surface area contributed by atoms with Crippen molar-refractivity contribution in [2.45, 2.75) is 25.2 Å². The van der Waals surface area contributed by atoms with Gasteiger partial charge in [0.25, 0.3) is 0 Å². The predicted octanol–water partition coefficient (Wildman–Crippen LogP) is 2.69. The zero-order valence-electron chi connectivity index (χ0n) is 6.05. The first-order chi connectivity index (χ1) is 4.02. The molecular weight excluding hydrogens is 164 g/mol. The van der Waals surface area contributed by atoms with Gasteiger partial charge in [0, 0.05) is 5.54 Å². The first-order valence-electron chi connectivity index (χ1n) is 2.93. The van der Waals surface area contributed by atoms with Gasteiger partial charge in [-0.2, -0.15) is 0 Å². The monoisotopic (exact) mass is 176 g/mol. The third kappa shape index (κ3) is 3.18. The number of thiocarbonyl (C=S) groups is 2. The van der Waals surface area contributed by atoms with Crippen LogP contribution in [0.1, 0.15) is 0 Å². The Kier molecular flexibility index (Phi) is 3.69. The summed E-state index contributed by atoms with van der Waals surface area (Å²) >= 11 is 9.67. The molecule has 3 heteroatoms. The Morgan fingerprint density at radius 1 is 1.11 bits per heavy atom. The summed E-state index contributed by atoms with van der Waals surface area (Å²) in [6.45, 7) is 6.80. The van der Waals surface area contributed by atoms with Crippen molar-refractivity contribution in [2.75, 3.05) is 0 Å². The van der Waals surface area contributed by atoms with Crippen molar-refractivity contribution in [1.82, 2.24) is 0 Å². The molecule has 0 heterocycles. The van der Waals surface area contributed by atoms with E-state index in [1.807, 2.05) is 0 Å². The number of rotatable bonds is 3. The van der Waals surface area contributed by atoms with Crippen LogP contribution in [0.5, 0.6) is 0 Å². The topological polar surface area (TPSA) is 0 Å². The number of hydrogen-bond donors (Lipinski definition) is 0. The van der Waals surface area contributed by atoms with E-state index in [4.69, 9.17) is 24.4 Å². The van der Waals surface area contributed by atoms with Crippen LogP contribution in [0.25, 0.3) is 0 Å². The zero-order valence-corrected chi connectivity index (χ0v) is 8.68. The third-order valence-electron chi connectivity index (χ3n) is 1.29. The standard InChI is InChI=1S/C6H12S2Si/c1-9(2,3)6(4-7)5-8/h4-6H,1-3H3. The van der Waals surface area contributed by atoms with E-state index in [-0.39, 0.29) is 0 Å². The predicted molar refractivity (Wildman–Crippen MR) is 54.4 cm³/mol. The number of hydrogen-bond acceptors (Lipinski definition) is 2. The quantitative estimate of drug-likeness (QED) is 0.479.